The van der Waals surface area contributed by atoms with E-state index in [0.29, 0.717) is 5.57 Å². The number of amides is 1. The zero-order valence-electron chi connectivity index (χ0n) is 14.5. The van der Waals surface area contributed by atoms with E-state index >= 15 is 0 Å². The van der Waals surface area contributed by atoms with Crippen LogP contribution >= 0.6 is 0 Å². The molecule has 1 amide bonds. The smallest absolute Gasteiger partial charge is 0.252 e. The van der Waals surface area contributed by atoms with Gasteiger partial charge in [0.1, 0.15) is 11.3 Å². The van der Waals surface area contributed by atoms with Gasteiger partial charge in [0.25, 0.3) is 5.91 Å². The monoisotopic (exact) mass is 341 g/mol. The largest absolute Gasteiger partial charge is 0.497 e. The van der Waals surface area contributed by atoms with Crippen molar-refractivity contribution in [3.63, 3.8) is 0 Å². The molecule has 3 heteroatoms. The third-order valence-electron chi connectivity index (χ3n) is 4.78. The predicted molar refractivity (Wildman–Crippen MR) is 103 cm³/mol. The van der Waals surface area contributed by atoms with Crippen LogP contribution in [0.25, 0.3) is 5.57 Å². The molecule has 0 aliphatic carbocycles. The van der Waals surface area contributed by atoms with E-state index in [9.17, 15) is 4.79 Å². The number of benzene rings is 3. The van der Waals surface area contributed by atoms with Gasteiger partial charge in [-0.25, -0.2) is 0 Å². The van der Waals surface area contributed by atoms with Crippen LogP contribution in [-0.4, -0.2) is 13.0 Å². The Bertz CT molecular complexity index is 947. The average Bonchev–Trinajstić information content (AvgIpc) is 3.08. The quantitative estimate of drug-likeness (QED) is 0.774. The minimum atomic E-state index is -0.699. The highest BCUT2D eigenvalue weighted by molar-refractivity contribution is 6.22. The zero-order valence-corrected chi connectivity index (χ0v) is 14.5. The van der Waals surface area contributed by atoms with E-state index in [2.05, 4.69) is 5.32 Å². The lowest BCUT2D eigenvalue weighted by Gasteiger charge is -2.29. The molecule has 4 rings (SSSR count). The minimum Gasteiger partial charge on any atom is -0.497 e. The molecule has 0 fully saturated rings. The summed E-state index contributed by atoms with van der Waals surface area (Å²) in [5.41, 5.74) is 2.91. The van der Waals surface area contributed by atoms with Crippen LogP contribution in [0.5, 0.6) is 5.75 Å². The topological polar surface area (TPSA) is 38.3 Å². The lowest BCUT2D eigenvalue weighted by Crippen LogP contribution is -2.40. The number of rotatable bonds is 4. The summed E-state index contributed by atoms with van der Waals surface area (Å²) >= 11 is 0. The lowest BCUT2D eigenvalue weighted by atomic mass is 9.83. The fourth-order valence-corrected chi connectivity index (χ4v) is 3.43. The molecule has 3 nitrogen and oxygen atoms in total. The Labute approximate surface area is 152 Å². The number of hydrogen-bond acceptors (Lipinski definition) is 2. The number of ether oxygens (including phenoxy) is 1. The number of carbonyl (C=O) groups is 1. The molecule has 0 spiro atoms. The second-order valence-electron chi connectivity index (χ2n) is 6.28. The van der Waals surface area contributed by atoms with Gasteiger partial charge >= 0.3 is 0 Å². The Balaban J connectivity index is 1.90. The van der Waals surface area contributed by atoms with Gasteiger partial charge in [0, 0.05) is 5.57 Å². The van der Waals surface area contributed by atoms with Crippen molar-refractivity contribution in [3.8, 4) is 5.75 Å². The molecule has 0 saturated heterocycles. The summed E-state index contributed by atoms with van der Waals surface area (Å²) in [6.45, 7) is 0. The molecule has 0 radical (unpaired) electrons. The van der Waals surface area contributed by atoms with E-state index in [1.54, 1.807) is 7.11 Å². The van der Waals surface area contributed by atoms with Crippen LogP contribution in [0.1, 0.15) is 16.7 Å². The molecular formula is C23H19NO2. The summed E-state index contributed by atoms with van der Waals surface area (Å²) in [6.07, 6.45) is 2.03. The van der Waals surface area contributed by atoms with E-state index in [4.69, 9.17) is 4.74 Å². The first-order chi connectivity index (χ1) is 12.7. The van der Waals surface area contributed by atoms with Gasteiger partial charge in [-0.2, -0.15) is 0 Å². The summed E-state index contributed by atoms with van der Waals surface area (Å²) in [4.78, 5) is 12.9. The average molecular weight is 341 g/mol. The van der Waals surface area contributed by atoms with Crippen LogP contribution in [-0.2, 0) is 10.3 Å². The van der Waals surface area contributed by atoms with E-state index in [1.165, 1.54) is 0 Å². The van der Waals surface area contributed by atoms with Gasteiger partial charge in [0.2, 0.25) is 0 Å². The fourth-order valence-electron chi connectivity index (χ4n) is 3.43. The zero-order chi connectivity index (χ0) is 18.0. The number of carbonyl (C=O) groups excluding carboxylic acids is 1. The van der Waals surface area contributed by atoms with Crippen molar-refractivity contribution in [1.82, 2.24) is 5.32 Å². The first-order valence-corrected chi connectivity index (χ1v) is 8.54. The molecule has 0 aromatic heterocycles. The van der Waals surface area contributed by atoms with Crippen LogP contribution in [0.3, 0.4) is 0 Å². The van der Waals surface area contributed by atoms with E-state index < -0.39 is 5.54 Å². The molecular weight excluding hydrogens is 322 g/mol. The molecule has 1 aliphatic heterocycles. The number of nitrogens with one attached hydrogen (secondary N) is 1. The van der Waals surface area contributed by atoms with E-state index in [1.807, 2.05) is 91.0 Å². The molecule has 0 saturated carbocycles. The lowest BCUT2D eigenvalue weighted by molar-refractivity contribution is -0.115. The molecule has 3 aromatic rings. The van der Waals surface area contributed by atoms with Gasteiger partial charge in [0.05, 0.1) is 7.11 Å². The van der Waals surface area contributed by atoms with Crippen LogP contribution < -0.4 is 10.1 Å². The third-order valence-corrected chi connectivity index (χ3v) is 4.78. The summed E-state index contributed by atoms with van der Waals surface area (Å²) in [7, 11) is 1.65. The maximum atomic E-state index is 12.9. The maximum Gasteiger partial charge on any atom is 0.252 e. The molecule has 1 atom stereocenters. The van der Waals surface area contributed by atoms with Crippen molar-refractivity contribution in [2.75, 3.05) is 7.11 Å². The highest BCUT2D eigenvalue weighted by Gasteiger charge is 2.40. The van der Waals surface area contributed by atoms with Crippen molar-refractivity contribution >= 4 is 11.5 Å². The molecule has 1 aliphatic rings. The molecule has 1 N–H and O–H groups in total. The summed E-state index contributed by atoms with van der Waals surface area (Å²) in [5, 5.41) is 3.21. The van der Waals surface area contributed by atoms with E-state index in [0.717, 1.165) is 22.4 Å². The standard InChI is InChI=1S/C23H19NO2/c1-26-20-14-12-19(13-15-20)23(18-10-6-3-7-11-18)16-21(22(25)24-23)17-8-4-2-5-9-17/h2-16H,1H3,(H,24,25). The van der Waals surface area contributed by atoms with Gasteiger partial charge in [-0.1, -0.05) is 72.8 Å². The first kappa shape index (κ1) is 16.2. The minimum absolute atomic E-state index is 0.0733. The van der Waals surface area contributed by atoms with Crippen molar-refractivity contribution in [3.05, 3.63) is 108 Å². The first-order valence-electron chi connectivity index (χ1n) is 8.54. The fraction of sp³-hybridized carbons (Fsp3) is 0.0870. The van der Waals surface area contributed by atoms with Crippen molar-refractivity contribution in [2.24, 2.45) is 0 Å². The Hall–Kier alpha value is -3.33. The Kier molecular flexibility index (Phi) is 4.05. The molecule has 1 heterocycles. The van der Waals surface area contributed by atoms with Crippen LogP contribution in [0.15, 0.2) is 91.0 Å². The maximum absolute atomic E-state index is 12.9. The van der Waals surface area contributed by atoms with E-state index in [-0.39, 0.29) is 5.91 Å². The van der Waals surface area contributed by atoms with Crippen LogP contribution in [0, 0.1) is 0 Å². The van der Waals surface area contributed by atoms with Crippen molar-refractivity contribution in [1.29, 1.82) is 0 Å². The normalized spacial score (nSPS) is 19.0. The summed E-state index contributed by atoms with van der Waals surface area (Å²) in [5.74, 6) is 0.712. The predicted octanol–water partition coefficient (Wildman–Crippen LogP) is 4.15. The Morgan fingerprint density at radius 2 is 1.35 bits per heavy atom. The molecule has 128 valence electrons. The van der Waals surface area contributed by atoms with Crippen LogP contribution in [0.2, 0.25) is 0 Å². The van der Waals surface area contributed by atoms with Crippen LogP contribution in [0.4, 0.5) is 0 Å². The number of methoxy groups -OCH3 is 1. The second-order valence-corrected chi connectivity index (χ2v) is 6.28. The van der Waals surface area contributed by atoms with Gasteiger partial charge < -0.3 is 10.1 Å². The summed E-state index contributed by atoms with van der Waals surface area (Å²) in [6, 6.07) is 27.6. The molecule has 0 bridgehead atoms. The third kappa shape index (κ3) is 2.68. The highest BCUT2D eigenvalue weighted by Crippen LogP contribution is 2.39. The molecule has 1 unspecified atom stereocenters. The SMILES string of the molecule is COc1ccc(C2(c3ccccc3)C=C(c3ccccc3)C(=O)N2)cc1. The summed E-state index contributed by atoms with van der Waals surface area (Å²) < 4.78 is 5.28. The second kappa shape index (κ2) is 6.52. The van der Waals surface area contributed by atoms with Crippen molar-refractivity contribution < 1.29 is 9.53 Å². The van der Waals surface area contributed by atoms with Gasteiger partial charge in [-0.05, 0) is 34.9 Å². The molecule has 26 heavy (non-hydrogen) atoms. The Morgan fingerprint density at radius 1 is 0.769 bits per heavy atom. The number of hydrogen-bond donors (Lipinski definition) is 1. The van der Waals surface area contributed by atoms with Gasteiger partial charge in [0.15, 0.2) is 0 Å². The molecule has 3 aromatic carbocycles. The van der Waals surface area contributed by atoms with Gasteiger partial charge in [-0.3, -0.25) is 4.79 Å². The van der Waals surface area contributed by atoms with Gasteiger partial charge in [-0.15, -0.1) is 0 Å². The highest BCUT2D eigenvalue weighted by atomic mass is 16.5. The van der Waals surface area contributed by atoms with Crippen molar-refractivity contribution in [2.45, 2.75) is 5.54 Å². The Morgan fingerprint density at radius 3 is 1.96 bits per heavy atom.